The van der Waals surface area contributed by atoms with Gasteiger partial charge in [0.25, 0.3) is 5.91 Å². The van der Waals surface area contributed by atoms with Gasteiger partial charge < -0.3 is 10.1 Å². The van der Waals surface area contributed by atoms with Crippen molar-refractivity contribution in [3.8, 4) is 0 Å². The van der Waals surface area contributed by atoms with E-state index in [-0.39, 0.29) is 5.56 Å². The van der Waals surface area contributed by atoms with Crippen molar-refractivity contribution in [1.82, 2.24) is 0 Å². The number of hydrogen-bond donors (Lipinski definition) is 1. The van der Waals surface area contributed by atoms with Crippen LogP contribution in [0.2, 0.25) is 0 Å². The fraction of sp³-hybridized carbons (Fsp3) is 0.214. The van der Waals surface area contributed by atoms with Crippen LogP contribution in [0.5, 0.6) is 0 Å². The van der Waals surface area contributed by atoms with Crippen molar-refractivity contribution >= 4 is 22.2 Å². The summed E-state index contributed by atoms with van der Waals surface area (Å²) < 4.78 is 31.3. The Morgan fingerprint density at radius 1 is 1.25 bits per heavy atom. The number of amides is 1. The molecule has 0 atom stereocenters. The summed E-state index contributed by atoms with van der Waals surface area (Å²) in [5.41, 5.74) is 1.26. The van der Waals surface area contributed by atoms with Gasteiger partial charge in [0.2, 0.25) is 0 Å². The van der Waals surface area contributed by atoms with Crippen molar-refractivity contribution in [2.24, 2.45) is 0 Å². The minimum absolute atomic E-state index is 0.0894. The van der Waals surface area contributed by atoms with Gasteiger partial charge in [0, 0.05) is 10.4 Å². The Morgan fingerprint density at radius 2 is 2.10 bits per heavy atom. The summed E-state index contributed by atoms with van der Waals surface area (Å²) in [7, 11) is 0. The van der Waals surface area contributed by atoms with E-state index in [2.05, 4.69) is 5.32 Å². The van der Waals surface area contributed by atoms with Gasteiger partial charge in [-0.15, -0.1) is 11.3 Å². The van der Waals surface area contributed by atoms with Crippen molar-refractivity contribution < 1.29 is 18.3 Å². The zero-order valence-corrected chi connectivity index (χ0v) is 11.2. The SMILES string of the molecule is O=C(Nc1cc2c(s1)COCC2)c1ccc(F)c(F)c1. The molecule has 0 saturated heterocycles. The third-order valence-corrected chi connectivity index (χ3v) is 4.13. The van der Waals surface area contributed by atoms with E-state index >= 15 is 0 Å². The molecule has 20 heavy (non-hydrogen) atoms. The van der Waals surface area contributed by atoms with Crippen LogP contribution in [-0.4, -0.2) is 12.5 Å². The molecule has 3 nitrogen and oxygen atoms in total. The van der Waals surface area contributed by atoms with Crippen molar-refractivity contribution in [3.63, 3.8) is 0 Å². The number of carbonyl (C=O) groups is 1. The maximum atomic E-state index is 13.1. The van der Waals surface area contributed by atoms with Crippen molar-refractivity contribution in [3.05, 3.63) is 51.9 Å². The van der Waals surface area contributed by atoms with Gasteiger partial charge in [-0.3, -0.25) is 4.79 Å². The molecular formula is C14H11F2NO2S. The number of thiophene rings is 1. The number of fused-ring (bicyclic) bond motifs is 1. The first-order valence-corrected chi connectivity index (χ1v) is 6.91. The lowest BCUT2D eigenvalue weighted by atomic mass is 10.1. The molecular weight excluding hydrogens is 284 g/mol. The van der Waals surface area contributed by atoms with Crippen LogP contribution in [0.15, 0.2) is 24.3 Å². The number of rotatable bonds is 2. The fourth-order valence-corrected chi connectivity index (χ4v) is 3.07. The fourth-order valence-electron chi connectivity index (χ4n) is 2.03. The molecule has 0 unspecified atom stereocenters. The molecule has 1 aromatic heterocycles. The lowest BCUT2D eigenvalue weighted by Gasteiger charge is -2.10. The standard InChI is InChI=1S/C14H11F2NO2S/c15-10-2-1-9(5-11(10)16)14(18)17-13-6-8-3-4-19-7-12(8)20-13/h1-2,5-6H,3-4,7H2,(H,17,18). The Bertz CT molecular complexity index is 646. The topological polar surface area (TPSA) is 38.3 Å². The molecule has 3 rings (SSSR count). The van der Waals surface area contributed by atoms with E-state index in [1.165, 1.54) is 23.0 Å². The van der Waals surface area contributed by atoms with Crippen LogP contribution in [0.3, 0.4) is 0 Å². The molecule has 2 aromatic rings. The van der Waals surface area contributed by atoms with Crippen molar-refractivity contribution in [1.29, 1.82) is 0 Å². The van der Waals surface area contributed by atoms with Crippen molar-refractivity contribution in [2.75, 3.05) is 11.9 Å². The number of anilines is 1. The number of nitrogens with one attached hydrogen (secondary N) is 1. The number of halogens is 2. The highest BCUT2D eigenvalue weighted by Crippen LogP contribution is 2.31. The Morgan fingerprint density at radius 3 is 2.85 bits per heavy atom. The van der Waals surface area contributed by atoms with E-state index < -0.39 is 17.5 Å². The number of benzene rings is 1. The van der Waals surface area contributed by atoms with Crippen LogP contribution in [0, 0.1) is 11.6 Å². The van der Waals surface area contributed by atoms with Crippen LogP contribution in [0.1, 0.15) is 20.8 Å². The summed E-state index contributed by atoms with van der Waals surface area (Å²) in [6.45, 7) is 1.24. The maximum absolute atomic E-state index is 13.1. The van der Waals surface area contributed by atoms with Gasteiger partial charge in [-0.05, 0) is 36.2 Å². The molecule has 104 valence electrons. The number of hydrogen-bond acceptors (Lipinski definition) is 3. The van der Waals surface area contributed by atoms with Crippen LogP contribution in [-0.2, 0) is 17.8 Å². The molecule has 1 aromatic carbocycles. The minimum atomic E-state index is -1.03. The van der Waals surface area contributed by atoms with E-state index in [0.717, 1.165) is 23.4 Å². The zero-order valence-electron chi connectivity index (χ0n) is 10.4. The van der Waals surface area contributed by atoms with E-state index in [9.17, 15) is 13.6 Å². The van der Waals surface area contributed by atoms with Crippen LogP contribution in [0.4, 0.5) is 13.8 Å². The summed E-state index contributed by atoms with van der Waals surface area (Å²) in [4.78, 5) is 13.1. The van der Waals surface area contributed by atoms with E-state index in [1.54, 1.807) is 0 Å². The quantitative estimate of drug-likeness (QED) is 0.922. The maximum Gasteiger partial charge on any atom is 0.256 e. The lowest BCUT2D eigenvalue weighted by molar-refractivity contribution is 0.102. The average Bonchev–Trinajstić information content (AvgIpc) is 2.83. The van der Waals surface area contributed by atoms with Gasteiger partial charge in [0.15, 0.2) is 11.6 Å². The van der Waals surface area contributed by atoms with E-state index in [0.29, 0.717) is 18.2 Å². The second kappa shape index (κ2) is 5.30. The Balaban J connectivity index is 1.78. The summed E-state index contributed by atoms with van der Waals surface area (Å²) >= 11 is 1.44. The molecule has 1 aliphatic rings. The van der Waals surface area contributed by atoms with Crippen LogP contribution < -0.4 is 5.32 Å². The Labute approximate surface area is 118 Å². The normalized spacial score (nSPS) is 13.9. The van der Waals surface area contributed by atoms with E-state index in [4.69, 9.17) is 4.74 Å². The predicted octanol–water partition coefficient (Wildman–Crippen LogP) is 3.35. The molecule has 0 saturated carbocycles. The first-order valence-electron chi connectivity index (χ1n) is 6.09. The monoisotopic (exact) mass is 295 g/mol. The summed E-state index contributed by atoms with van der Waals surface area (Å²) in [6.07, 6.45) is 0.826. The van der Waals surface area contributed by atoms with Crippen LogP contribution in [0.25, 0.3) is 0 Å². The van der Waals surface area contributed by atoms with E-state index in [1.807, 2.05) is 6.07 Å². The summed E-state index contributed by atoms with van der Waals surface area (Å²) in [5.74, 6) is -2.45. The molecule has 0 radical (unpaired) electrons. The third-order valence-electron chi connectivity index (χ3n) is 3.06. The van der Waals surface area contributed by atoms with Crippen LogP contribution >= 0.6 is 11.3 Å². The number of ether oxygens (including phenoxy) is 1. The zero-order chi connectivity index (χ0) is 14.1. The summed E-state index contributed by atoms with van der Waals surface area (Å²) in [5, 5.41) is 3.39. The first kappa shape index (κ1) is 13.2. The molecule has 0 aliphatic carbocycles. The molecule has 1 amide bonds. The molecule has 1 aliphatic heterocycles. The third kappa shape index (κ3) is 2.57. The lowest BCUT2D eigenvalue weighted by Crippen LogP contribution is -2.11. The highest BCUT2D eigenvalue weighted by Gasteiger charge is 2.16. The smallest absolute Gasteiger partial charge is 0.256 e. The van der Waals surface area contributed by atoms with Gasteiger partial charge in [-0.2, -0.15) is 0 Å². The van der Waals surface area contributed by atoms with Gasteiger partial charge in [-0.1, -0.05) is 0 Å². The predicted molar refractivity (Wildman–Crippen MR) is 72.0 cm³/mol. The van der Waals surface area contributed by atoms with Crippen molar-refractivity contribution in [2.45, 2.75) is 13.0 Å². The highest BCUT2D eigenvalue weighted by molar-refractivity contribution is 7.16. The average molecular weight is 295 g/mol. The molecule has 2 heterocycles. The van der Waals surface area contributed by atoms with Gasteiger partial charge in [0.05, 0.1) is 18.2 Å². The second-order valence-corrected chi connectivity index (χ2v) is 5.58. The molecule has 0 fully saturated rings. The highest BCUT2D eigenvalue weighted by atomic mass is 32.1. The van der Waals surface area contributed by atoms with Gasteiger partial charge in [-0.25, -0.2) is 8.78 Å². The van der Waals surface area contributed by atoms with Gasteiger partial charge >= 0.3 is 0 Å². The molecule has 0 bridgehead atoms. The van der Waals surface area contributed by atoms with Gasteiger partial charge in [0.1, 0.15) is 0 Å². The minimum Gasteiger partial charge on any atom is -0.376 e. The number of carbonyl (C=O) groups excluding carboxylic acids is 1. The second-order valence-electron chi connectivity index (χ2n) is 4.44. The first-order chi connectivity index (χ1) is 9.63. The molecule has 0 spiro atoms. The Hall–Kier alpha value is -1.79. The largest absolute Gasteiger partial charge is 0.376 e. The Kier molecular flexibility index (Phi) is 3.50. The summed E-state index contributed by atoms with van der Waals surface area (Å²) in [6, 6.07) is 4.99. The molecule has 6 heteroatoms. The molecule has 1 N–H and O–H groups in total.